The van der Waals surface area contributed by atoms with Crippen molar-refractivity contribution in [1.82, 2.24) is 9.78 Å². The van der Waals surface area contributed by atoms with Crippen LogP contribution in [0.1, 0.15) is 17.0 Å². The van der Waals surface area contributed by atoms with Crippen LogP contribution in [0.4, 0.5) is 0 Å². The third kappa shape index (κ3) is 2.39. The van der Waals surface area contributed by atoms with Gasteiger partial charge in [0, 0.05) is 5.56 Å². The van der Waals surface area contributed by atoms with Gasteiger partial charge in [-0.1, -0.05) is 28.4 Å². The molecule has 7 heteroatoms. The fraction of sp³-hybridized carbons (Fsp3) is 0.167. The number of oxime groups is 1. The van der Waals surface area contributed by atoms with E-state index in [1.165, 1.54) is 0 Å². The van der Waals surface area contributed by atoms with Crippen molar-refractivity contribution in [3.05, 3.63) is 45.2 Å². The van der Waals surface area contributed by atoms with Crippen LogP contribution in [0.5, 0.6) is 0 Å². The molecule has 3 N–H and O–H groups in total. The minimum absolute atomic E-state index is 0.0389. The van der Waals surface area contributed by atoms with E-state index in [9.17, 15) is 0 Å². The van der Waals surface area contributed by atoms with E-state index in [4.69, 9.17) is 34.1 Å². The maximum Gasteiger partial charge on any atom is 0.171 e. The second-order valence-corrected chi connectivity index (χ2v) is 4.83. The molecule has 0 bridgehead atoms. The quantitative estimate of drug-likeness (QED) is 0.387. The Morgan fingerprint density at radius 3 is 2.53 bits per heavy atom. The fourth-order valence-electron chi connectivity index (χ4n) is 1.77. The lowest BCUT2D eigenvalue weighted by molar-refractivity contribution is 0.318. The third-order valence-electron chi connectivity index (χ3n) is 2.78. The zero-order chi connectivity index (χ0) is 14.2. The fourth-order valence-corrected chi connectivity index (χ4v) is 2.16. The van der Waals surface area contributed by atoms with E-state index < -0.39 is 0 Å². The Balaban J connectivity index is 2.53. The van der Waals surface area contributed by atoms with Crippen LogP contribution in [-0.2, 0) is 0 Å². The van der Waals surface area contributed by atoms with E-state index in [1.54, 1.807) is 22.9 Å². The predicted octanol–water partition coefficient (Wildman–Crippen LogP) is 2.89. The molecule has 19 heavy (non-hydrogen) atoms. The van der Waals surface area contributed by atoms with Crippen LogP contribution in [0.2, 0.25) is 10.0 Å². The zero-order valence-corrected chi connectivity index (χ0v) is 11.9. The number of nitrogens with two attached hydrogens (primary N) is 1. The van der Waals surface area contributed by atoms with Crippen LogP contribution in [0.3, 0.4) is 0 Å². The van der Waals surface area contributed by atoms with Crippen molar-refractivity contribution < 1.29 is 5.21 Å². The summed E-state index contributed by atoms with van der Waals surface area (Å²) in [6.45, 7) is 3.70. The van der Waals surface area contributed by atoms with Gasteiger partial charge in [0.15, 0.2) is 5.84 Å². The Hall–Kier alpha value is -1.72. The van der Waals surface area contributed by atoms with Crippen molar-refractivity contribution in [3.63, 3.8) is 0 Å². The summed E-state index contributed by atoms with van der Waals surface area (Å²) in [5, 5.41) is 16.9. The molecular formula is C12H12Cl2N4O. The number of rotatable bonds is 2. The molecule has 0 radical (unpaired) electrons. The van der Waals surface area contributed by atoms with Crippen molar-refractivity contribution in [3.8, 4) is 5.69 Å². The molecule has 0 saturated heterocycles. The first kappa shape index (κ1) is 13.7. The van der Waals surface area contributed by atoms with Crippen LogP contribution >= 0.6 is 23.2 Å². The smallest absolute Gasteiger partial charge is 0.171 e. The average molecular weight is 299 g/mol. The molecule has 0 atom stereocenters. The molecule has 0 fully saturated rings. The van der Waals surface area contributed by atoms with Crippen LogP contribution in [0.25, 0.3) is 5.69 Å². The van der Waals surface area contributed by atoms with Crippen molar-refractivity contribution in [2.24, 2.45) is 10.9 Å². The lowest BCUT2D eigenvalue weighted by Crippen LogP contribution is -2.14. The van der Waals surface area contributed by atoms with E-state index in [0.29, 0.717) is 15.6 Å². The number of amidine groups is 1. The van der Waals surface area contributed by atoms with Gasteiger partial charge >= 0.3 is 0 Å². The summed E-state index contributed by atoms with van der Waals surface area (Å²) >= 11 is 12.2. The number of nitrogens with zero attached hydrogens (tertiary/aromatic N) is 3. The molecule has 1 heterocycles. The summed E-state index contributed by atoms with van der Waals surface area (Å²) in [5.41, 5.74) is 8.30. The average Bonchev–Trinajstić information content (AvgIpc) is 2.65. The molecule has 100 valence electrons. The van der Waals surface area contributed by atoms with Crippen LogP contribution in [0.15, 0.2) is 23.4 Å². The van der Waals surface area contributed by atoms with Gasteiger partial charge in [-0.3, -0.25) is 0 Å². The minimum Gasteiger partial charge on any atom is -0.409 e. The summed E-state index contributed by atoms with van der Waals surface area (Å²) < 4.78 is 1.69. The Kier molecular flexibility index (Phi) is 3.68. The van der Waals surface area contributed by atoms with Crippen molar-refractivity contribution in [1.29, 1.82) is 0 Å². The predicted molar refractivity (Wildman–Crippen MR) is 75.6 cm³/mol. The molecule has 0 spiro atoms. The van der Waals surface area contributed by atoms with E-state index in [0.717, 1.165) is 17.1 Å². The number of hydrogen-bond donors (Lipinski definition) is 2. The number of aromatic nitrogens is 2. The van der Waals surface area contributed by atoms with Gasteiger partial charge in [0.25, 0.3) is 0 Å². The molecule has 0 aliphatic carbocycles. The molecular weight excluding hydrogens is 287 g/mol. The first-order valence-corrected chi connectivity index (χ1v) is 6.21. The normalized spacial score (nSPS) is 11.9. The molecule has 0 aliphatic heterocycles. The molecule has 0 aliphatic rings. The van der Waals surface area contributed by atoms with Crippen LogP contribution in [0, 0.1) is 13.8 Å². The van der Waals surface area contributed by atoms with Crippen molar-refractivity contribution >= 4 is 29.0 Å². The molecule has 0 saturated carbocycles. The van der Waals surface area contributed by atoms with Gasteiger partial charge in [-0.15, -0.1) is 0 Å². The molecule has 2 rings (SSSR count). The first-order chi connectivity index (χ1) is 8.95. The van der Waals surface area contributed by atoms with Crippen molar-refractivity contribution in [2.75, 3.05) is 0 Å². The van der Waals surface area contributed by atoms with E-state index in [1.807, 2.05) is 13.8 Å². The van der Waals surface area contributed by atoms with Gasteiger partial charge in [0.2, 0.25) is 0 Å². The van der Waals surface area contributed by atoms with Gasteiger partial charge in [-0.25, -0.2) is 4.68 Å². The highest BCUT2D eigenvalue weighted by Crippen LogP contribution is 2.25. The third-order valence-corrected chi connectivity index (χ3v) is 3.64. The van der Waals surface area contributed by atoms with Crippen LogP contribution < -0.4 is 5.73 Å². The maximum atomic E-state index is 8.65. The largest absolute Gasteiger partial charge is 0.409 e. The molecule has 0 amide bonds. The van der Waals surface area contributed by atoms with Crippen molar-refractivity contribution in [2.45, 2.75) is 13.8 Å². The Bertz CT molecular complexity index is 664. The first-order valence-electron chi connectivity index (χ1n) is 5.45. The molecule has 1 aromatic carbocycles. The summed E-state index contributed by atoms with van der Waals surface area (Å²) in [4.78, 5) is 0. The molecule has 1 aromatic heterocycles. The topological polar surface area (TPSA) is 76.4 Å². The maximum absolute atomic E-state index is 8.65. The minimum atomic E-state index is -0.0389. The number of benzene rings is 1. The summed E-state index contributed by atoms with van der Waals surface area (Å²) in [5.74, 6) is -0.0389. The standard InChI is InChI=1S/C12H12Cl2N4O/c1-6-11(14)7(2)18(16-6)8-3-4-9(10(13)5-8)12(15)17-19/h3-5,19H,1-2H3,(H2,15,17). The summed E-state index contributed by atoms with van der Waals surface area (Å²) in [6.07, 6.45) is 0. The van der Waals surface area contributed by atoms with Gasteiger partial charge < -0.3 is 10.9 Å². The SMILES string of the molecule is Cc1nn(-c2ccc(/C(N)=N/O)c(Cl)c2)c(C)c1Cl. The molecule has 5 nitrogen and oxygen atoms in total. The molecule has 0 unspecified atom stereocenters. The highest BCUT2D eigenvalue weighted by molar-refractivity contribution is 6.34. The number of hydrogen-bond acceptors (Lipinski definition) is 3. The number of aryl methyl sites for hydroxylation is 1. The van der Waals surface area contributed by atoms with E-state index in [2.05, 4.69) is 10.3 Å². The highest BCUT2D eigenvalue weighted by atomic mass is 35.5. The monoisotopic (exact) mass is 298 g/mol. The van der Waals surface area contributed by atoms with Gasteiger partial charge in [0.1, 0.15) is 0 Å². The van der Waals surface area contributed by atoms with Crippen LogP contribution in [-0.4, -0.2) is 20.8 Å². The lowest BCUT2D eigenvalue weighted by atomic mass is 10.2. The van der Waals surface area contributed by atoms with Gasteiger partial charge in [0.05, 0.1) is 27.1 Å². The Labute approximate surface area is 120 Å². The second-order valence-electron chi connectivity index (χ2n) is 4.05. The van der Waals surface area contributed by atoms with E-state index in [-0.39, 0.29) is 5.84 Å². The highest BCUT2D eigenvalue weighted by Gasteiger charge is 2.13. The summed E-state index contributed by atoms with van der Waals surface area (Å²) in [7, 11) is 0. The zero-order valence-electron chi connectivity index (χ0n) is 10.4. The Morgan fingerprint density at radius 1 is 1.37 bits per heavy atom. The Morgan fingerprint density at radius 2 is 2.05 bits per heavy atom. The lowest BCUT2D eigenvalue weighted by Gasteiger charge is -2.07. The number of halogens is 2. The molecule has 2 aromatic rings. The van der Waals surface area contributed by atoms with E-state index >= 15 is 0 Å². The summed E-state index contributed by atoms with van der Waals surface area (Å²) in [6, 6.07) is 5.12. The van der Waals surface area contributed by atoms with Gasteiger partial charge in [-0.05, 0) is 32.0 Å². The van der Waals surface area contributed by atoms with Gasteiger partial charge in [-0.2, -0.15) is 5.10 Å². The second kappa shape index (κ2) is 5.11.